The highest BCUT2D eigenvalue weighted by Crippen LogP contribution is 2.26. The van der Waals surface area contributed by atoms with Gasteiger partial charge in [0, 0.05) is 47.5 Å². The molecular formula is C20H17ClFN3O2S2. The van der Waals surface area contributed by atoms with Crippen molar-refractivity contribution in [2.45, 2.75) is 6.42 Å². The van der Waals surface area contributed by atoms with Crippen molar-refractivity contribution in [3.63, 3.8) is 0 Å². The van der Waals surface area contributed by atoms with Gasteiger partial charge in [0.05, 0.1) is 17.7 Å². The van der Waals surface area contributed by atoms with Crippen molar-refractivity contribution in [2.75, 3.05) is 26.2 Å². The van der Waals surface area contributed by atoms with Crippen LogP contribution in [0.3, 0.4) is 0 Å². The minimum Gasteiger partial charge on any atom is -0.339 e. The second-order valence-corrected chi connectivity index (χ2v) is 8.70. The molecule has 2 amide bonds. The quantitative estimate of drug-likeness (QED) is 0.600. The summed E-state index contributed by atoms with van der Waals surface area (Å²) in [4.78, 5) is 33.0. The van der Waals surface area contributed by atoms with Crippen LogP contribution in [0.5, 0.6) is 0 Å². The van der Waals surface area contributed by atoms with E-state index in [-0.39, 0.29) is 17.9 Å². The van der Waals surface area contributed by atoms with E-state index in [1.807, 2.05) is 22.2 Å². The molecule has 1 aliphatic rings. The number of aromatic nitrogens is 1. The maximum Gasteiger partial charge on any atom is 0.257 e. The predicted molar refractivity (Wildman–Crippen MR) is 113 cm³/mol. The van der Waals surface area contributed by atoms with Crippen LogP contribution in [0.25, 0.3) is 10.6 Å². The van der Waals surface area contributed by atoms with E-state index in [0.29, 0.717) is 31.2 Å². The number of nitrogens with zero attached hydrogens (tertiary/aromatic N) is 3. The third kappa shape index (κ3) is 4.49. The van der Waals surface area contributed by atoms with Crippen molar-refractivity contribution >= 4 is 46.1 Å². The van der Waals surface area contributed by atoms with Gasteiger partial charge in [-0.1, -0.05) is 11.6 Å². The zero-order valence-corrected chi connectivity index (χ0v) is 17.7. The summed E-state index contributed by atoms with van der Waals surface area (Å²) in [5, 5.41) is 7.16. The number of thiazole rings is 1. The molecule has 0 unspecified atom stereocenters. The van der Waals surface area contributed by atoms with Gasteiger partial charge in [0.1, 0.15) is 10.8 Å². The molecule has 0 atom stereocenters. The third-order valence-corrected chi connectivity index (χ3v) is 6.59. The normalized spacial score (nSPS) is 14.3. The number of rotatable bonds is 4. The number of amides is 2. The zero-order chi connectivity index (χ0) is 20.4. The molecule has 5 nitrogen and oxygen atoms in total. The highest BCUT2D eigenvalue weighted by Gasteiger charge is 2.26. The standard InChI is InChI=1S/C20H17ClFN3O2S2/c21-14-1-2-17(22)16(9-14)20(27)25-6-4-24(5-7-25)18(26)10-15-12-29-19(23-15)13-3-8-28-11-13/h1-3,8-9,11-12H,4-7,10H2. The molecule has 1 fully saturated rings. The maximum atomic E-state index is 14.0. The van der Waals surface area contributed by atoms with Crippen LogP contribution in [0, 0.1) is 5.82 Å². The minimum atomic E-state index is -0.595. The summed E-state index contributed by atoms with van der Waals surface area (Å²) in [5.74, 6) is -1.02. The van der Waals surface area contributed by atoms with Gasteiger partial charge in [-0.2, -0.15) is 11.3 Å². The van der Waals surface area contributed by atoms with E-state index in [0.717, 1.165) is 16.3 Å². The first-order valence-corrected chi connectivity index (χ1v) is 11.2. The number of carbonyl (C=O) groups excluding carboxylic acids is 2. The number of carbonyl (C=O) groups is 2. The number of hydrogen-bond donors (Lipinski definition) is 0. The Labute approximate surface area is 180 Å². The lowest BCUT2D eigenvalue weighted by atomic mass is 10.1. The number of benzene rings is 1. The number of thiophene rings is 1. The van der Waals surface area contributed by atoms with Crippen LogP contribution in [-0.4, -0.2) is 52.8 Å². The van der Waals surface area contributed by atoms with Crippen molar-refractivity contribution in [3.05, 3.63) is 62.5 Å². The van der Waals surface area contributed by atoms with E-state index >= 15 is 0 Å². The van der Waals surface area contributed by atoms with E-state index in [1.54, 1.807) is 21.1 Å². The molecule has 0 N–H and O–H groups in total. The molecule has 1 saturated heterocycles. The second-order valence-electron chi connectivity index (χ2n) is 6.63. The Hall–Kier alpha value is -2.29. The summed E-state index contributed by atoms with van der Waals surface area (Å²) in [7, 11) is 0. The Kier molecular flexibility index (Phi) is 5.94. The van der Waals surface area contributed by atoms with Gasteiger partial charge in [-0.25, -0.2) is 9.37 Å². The SMILES string of the molecule is O=C(Cc1csc(-c2ccsc2)n1)N1CCN(C(=O)c2cc(Cl)ccc2F)CC1. The number of piperazine rings is 1. The largest absolute Gasteiger partial charge is 0.339 e. The fraction of sp³-hybridized carbons (Fsp3) is 0.250. The van der Waals surface area contributed by atoms with E-state index in [4.69, 9.17) is 11.6 Å². The molecule has 1 aromatic carbocycles. The summed E-state index contributed by atoms with van der Waals surface area (Å²) in [6, 6.07) is 5.94. The van der Waals surface area contributed by atoms with Gasteiger partial charge in [-0.3, -0.25) is 9.59 Å². The molecule has 0 saturated carbocycles. The summed E-state index contributed by atoms with van der Waals surface area (Å²) in [6.07, 6.45) is 0.234. The number of halogens is 2. The Morgan fingerprint density at radius 2 is 1.86 bits per heavy atom. The first-order chi connectivity index (χ1) is 14.0. The molecule has 29 heavy (non-hydrogen) atoms. The van der Waals surface area contributed by atoms with Gasteiger partial charge >= 0.3 is 0 Å². The average molecular weight is 450 g/mol. The lowest BCUT2D eigenvalue weighted by molar-refractivity contribution is -0.132. The molecule has 3 heterocycles. The second kappa shape index (κ2) is 8.61. The molecule has 0 aliphatic carbocycles. The van der Waals surface area contributed by atoms with E-state index in [1.165, 1.54) is 29.5 Å². The summed E-state index contributed by atoms with van der Waals surface area (Å²) in [6.45, 7) is 1.53. The van der Waals surface area contributed by atoms with Gasteiger partial charge in [0.25, 0.3) is 5.91 Å². The Morgan fingerprint density at radius 1 is 1.10 bits per heavy atom. The summed E-state index contributed by atoms with van der Waals surface area (Å²) < 4.78 is 14.0. The first kappa shape index (κ1) is 20.0. The van der Waals surface area contributed by atoms with Crippen molar-refractivity contribution < 1.29 is 14.0 Å². The molecular weight excluding hydrogens is 433 g/mol. The van der Waals surface area contributed by atoms with Crippen LogP contribution in [0.1, 0.15) is 16.1 Å². The molecule has 4 rings (SSSR count). The molecule has 0 spiro atoms. The highest BCUT2D eigenvalue weighted by atomic mass is 35.5. The Balaban J connectivity index is 1.34. The zero-order valence-electron chi connectivity index (χ0n) is 15.3. The Bertz CT molecular complexity index is 1030. The molecule has 0 radical (unpaired) electrons. The molecule has 9 heteroatoms. The maximum absolute atomic E-state index is 14.0. The van der Waals surface area contributed by atoms with Crippen molar-refractivity contribution in [2.24, 2.45) is 0 Å². The van der Waals surface area contributed by atoms with Crippen LogP contribution < -0.4 is 0 Å². The van der Waals surface area contributed by atoms with Crippen LogP contribution >= 0.6 is 34.3 Å². The van der Waals surface area contributed by atoms with Crippen molar-refractivity contribution in [1.82, 2.24) is 14.8 Å². The van der Waals surface area contributed by atoms with Gasteiger partial charge < -0.3 is 9.80 Å². The lowest BCUT2D eigenvalue weighted by Crippen LogP contribution is -2.51. The predicted octanol–water partition coefficient (Wildman–Crippen LogP) is 4.19. The van der Waals surface area contributed by atoms with E-state index < -0.39 is 11.7 Å². The highest BCUT2D eigenvalue weighted by molar-refractivity contribution is 7.14. The molecule has 1 aliphatic heterocycles. The molecule has 0 bridgehead atoms. The van der Waals surface area contributed by atoms with Gasteiger partial charge in [0.2, 0.25) is 5.91 Å². The average Bonchev–Trinajstić information content (AvgIpc) is 3.41. The van der Waals surface area contributed by atoms with Gasteiger partial charge in [-0.15, -0.1) is 11.3 Å². The van der Waals surface area contributed by atoms with Crippen molar-refractivity contribution in [1.29, 1.82) is 0 Å². The van der Waals surface area contributed by atoms with Crippen LogP contribution in [0.4, 0.5) is 4.39 Å². The van der Waals surface area contributed by atoms with Gasteiger partial charge in [-0.05, 0) is 29.6 Å². The number of hydrogen-bond acceptors (Lipinski definition) is 5. The summed E-state index contributed by atoms with van der Waals surface area (Å²) in [5.41, 5.74) is 1.78. The topological polar surface area (TPSA) is 53.5 Å². The van der Waals surface area contributed by atoms with Crippen molar-refractivity contribution in [3.8, 4) is 10.6 Å². The Morgan fingerprint density at radius 3 is 2.59 bits per heavy atom. The van der Waals surface area contributed by atoms with Gasteiger partial charge in [0.15, 0.2) is 0 Å². The third-order valence-electron chi connectivity index (χ3n) is 4.73. The fourth-order valence-corrected chi connectivity index (χ4v) is 4.87. The lowest BCUT2D eigenvalue weighted by Gasteiger charge is -2.34. The minimum absolute atomic E-state index is 0.0202. The van der Waals surface area contributed by atoms with Crippen LogP contribution in [0.15, 0.2) is 40.4 Å². The first-order valence-electron chi connectivity index (χ1n) is 9.00. The molecule has 3 aromatic rings. The van der Waals surface area contributed by atoms with E-state index in [9.17, 15) is 14.0 Å². The van der Waals surface area contributed by atoms with Crippen LogP contribution in [0.2, 0.25) is 5.02 Å². The smallest absolute Gasteiger partial charge is 0.257 e. The van der Waals surface area contributed by atoms with E-state index in [2.05, 4.69) is 4.98 Å². The monoisotopic (exact) mass is 449 g/mol. The summed E-state index contributed by atoms with van der Waals surface area (Å²) >= 11 is 9.02. The fourth-order valence-electron chi connectivity index (χ4n) is 3.16. The molecule has 2 aromatic heterocycles. The van der Waals surface area contributed by atoms with Crippen LogP contribution in [-0.2, 0) is 11.2 Å². The molecule has 150 valence electrons.